The molecular formula is C27H29Cl2N3O4S. The van der Waals surface area contributed by atoms with Crippen LogP contribution in [0.4, 0.5) is 5.69 Å². The van der Waals surface area contributed by atoms with Gasteiger partial charge in [0.05, 0.1) is 10.6 Å². The van der Waals surface area contributed by atoms with Crippen LogP contribution in [0.25, 0.3) is 0 Å². The Morgan fingerprint density at radius 3 is 2.22 bits per heavy atom. The summed E-state index contributed by atoms with van der Waals surface area (Å²) in [6, 6.07) is 17.1. The zero-order chi connectivity index (χ0) is 27.3. The van der Waals surface area contributed by atoms with Crippen LogP contribution in [0.5, 0.6) is 0 Å². The van der Waals surface area contributed by atoms with E-state index in [0.29, 0.717) is 21.3 Å². The molecule has 0 unspecified atom stereocenters. The smallest absolute Gasteiger partial charge is 0.264 e. The second-order valence-electron chi connectivity index (χ2n) is 8.64. The Morgan fingerprint density at radius 1 is 0.946 bits per heavy atom. The minimum atomic E-state index is -4.11. The summed E-state index contributed by atoms with van der Waals surface area (Å²) in [5, 5.41) is 3.31. The van der Waals surface area contributed by atoms with Crippen molar-refractivity contribution in [1.82, 2.24) is 10.2 Å². The van der Waals surface area contributed by atoms with Gasteiger partial charge >= 0.3 is 0 Å². The van der Waals surface area contributed by atoms with Gasteiger partial charge < -0.3 is 10.2 Å². The molecule has 0 saturated carbocycles. The number of hydrogen-bond acceptors (Lipinski definition) is 4. The predicted octanol–water partition coefficient (Wildman–Crippen LogP) is 4.97. The number of carbonyl (C=O) groups is 2. The first-order valence-corrected chi connectivity index (χ1v) is 13.7. The average Bonchev–Trinajstić information content (AvgIpc) is 2.88. The van der Waals surface area contributed by atoms with Crippen LogP contribution in [-0.2, 0) is 26.2 Å². The molecule has 3 rings (SSSR count). The van der Waals surface area contributed by atoms with Crippen molar-refractivity contribution in [2.45, 2.75) is 38.3 Å². The molecule has 0 spiro atoms. The normalized spacial score (nSPS) is 12.1. The Bertz CT molecular complexity index is 1400. The molecule has 3 aromatic rings. The molecule has 10 heteroatoms. The summed E-state index contributed by atoms with van der Waals surface area (Å²) < 4.78 is 28.5. The maximum Gasteiger partial charge on any atom is 0.264 e. The van der Waals surface area contributed by atoms with E-state index in [1.165, 1.54) is 24.1 Å². The molecule has 2 amide bonds. The van der Waals surface area contributed by atoms with Gasteiger partial charge in [-0.05, 0) is 73.9 Å². The van der Waals surface area contributed by atoms with E-state index in [4.69, 9.17) is 23.2 Å². The van der Waals surface area contributed by atoms with E-state index in [9.17, 15) is 18.0 Å². The van der Waals surface area contributed by atoms with Gasteiger partial charge in [-0.15, -0.1) is 0 Å². The summed E-state index contributed by atoms with van der Waals surface area (Å²) in [5.41, 5.74) is 2.78. The van der Waals surface area contributed by atoms with Gasteiger partial charge in [0.25, 0.3) is 10.0 Å². The highest BCUT2D eigenvalue weighted by Gasteiger charge is 2.32. The summed E-state index contributed by atoms with van der Waals surface area (Å²) in [6.45, 7) is 4.83. The van der Waals surface area contributed by atoms with Crippen LogP contribution < -0.4 is 9.62 Å². The molecule has 0 bridgehead atoms. The molecule has 196 valence electrons. The minimum absolute atomic E-state index is 0.0183. The first-order valence-electron chi connectivity index (χ1n) is 11.6. The van der Waals surface area contributed by atoms with Gasteiger partial charge in [0.1, 0.15) is 12.6 Å². The summed E-state index contributed by atoms with van der Waals surface area (Å²) in [4.78, 5) is 27.7. The molecule has 0 aliphatic heterocycles. The van der Waals surface area contributed by atoms with E-state index in [1.807, 2.05) is 13.8 Å². The number of halogens is 2. The number of hydrogen-bond donors (Lipinski definition) is 1. The number of amides is 2. The van der Waals surface area contributed by atoms with Gasteiger partial charge in [-0.2, -0.15) is 0 Å². The third-order valence-electron chi connectivity index (χ3n) is 6.16. The van der Waals surface area contributed by atoms with E-state index in [2.05, 4.69) is 5.32 Å². The fraction of sp³-hybridized carbons (Fsp3) is 0.259. The lowest BCUT2D eigenvalue weighted by Crippen LogP contribution is -2.50. The quantitative estimate of drug-likeness (QED) is 0.399. The lowest BCUT2D eigenvalue weighted by molar-refractivity contribution is -0.139. The Labute approximate surface area is 228 Å². The monoisotopic (exact) mass is 561 g/mol. The number of benzene rings is 3. The highest BCUT2D eigenvalue weighted by molar-refractivity contribution is 7.92. The number of aryl methyl sites for hydroxylation is 2. The SMILES string of the molecule is CNC(=O)[C@@H](C)N(Cc1ccc(Cl)cc1Cl)C(=O)CN(c1ccc(C)c(C)c1)S(=O)(=O)c1ccccc1. The van der Waals surface area contributed by atoms with Gasteiger partial charge in [-0.1, -0.05) is 53.5 Å². The first-order chi connectivity index (χ1) is 17.4. The fourth-order valence-electron chi connectivity index (χ4n) is 3.75. The zero-order valence-electron chi connectivity index (χ0n) is 21.0. The van der Waals surface area contributed by atoms with Crippen LogP contribution in [0, 0.1) is 13.8 Å². The standard InChI is InChI=1S/C27H29Cl2N3O4S/c1-18-10-13-23(14-19(18)2)32(37(35,36)24-8-6-5-7-9-24)17-26(33)31(20(3)27(34)30-4)16-21-11-12-22(28)15-25(21)29/h5-15,20H,16-17H2,1-4H3,(H,30,34)/t20-/m1/s1. The predicted molar refractivity (Wildman–Crippen MR) is 147 cm³/mol. The van der Waals surface area contributed by atoms with Crippen LogP contribution in [0.2, 0.25) is 10.0 Å². The van der Waals surface area contributed by atoms with Crippen molar-refractivity contribution < 1.29 is 18.0 Å². The highest BCUT2D eigenvalue weighted by atomic mass is 35.5. The molecule has 0 heterocycles. The lowest BCUT2D eigenvalue weighted by atomic mass is 10.1. The van der Waals surface area contributed by atoms with Crippen LogP contribution in [0.15, 0.2) is 71.6 Å². The fourth-order valence-corrected chi connectivity index (χ4v) is 5.65. The van der Waals surface area contributed by atoms with Crippen LogP contribution >= 0.6 is 23.2 Å². The molecule has 1 atom stereocenters. The minimum Gasteiger partial charge on any atom is -0.357 e. The Hall–Kier alpha value is -3.07. The third kappa shape index (κ3) is 6.63. The highest BCUT2D eigenvalue weighted by Crippen LogP contribution is 2.27. The topological polar surface area (TPSA) is 86.8 Å². The third-order valence-corrected chi connectivity index (χ3v) is 8.53. The van der Waals surface area contributed by atoms with E-state index < -0.39 is 34.4 Å². The number of likely N-dealkylation sites (N-methyl/N-ethyl adjacent to an activating group) is 1. The maximum absolute atomic E-state index is 13.8. The average molecular weight is 563 g/mol. The first kappa shape index (κ1) is 28.5. The van der Waals surface area contributed by atoms with Gasteiger partial charge in [0, 0.05) is 23.6 Å². The molecule has 0 radical (unpaired) electrons. The van der Waals surface area contributed by atoms with Gasteiger partial charge in [0.15, 0.2) is 0 Å². The van der Waals surface area contributed by atoms with Gasteiger partial charge in [-0.25, -0.2) is 8.42 Å². The number of nitrogens with one attached hydrogen (secondary N) is 1. The van der Waals surface area contributed by atoms with Crippen LogP contribution in [-0.4, -0.2) is 44.8 Å². The van der Waals surface area contributed by atoms with E-state index in [0.717, 1.165) is 15.4 Å². The lowest BCUT2D eigenvalue weighted by Gasteiger charge is -2.32. The second-order valence-corrected chi connectivity index (χ2v) is 11.3. The van der Waals surface area contributed by atoms with Crippen molar-refractivity contribution in [2.75, 3.05) is 17.9 Å². The number of sulfonamides is 1. The van der Waals surface area contributed by atoms with Gasteiger partial charge in [0.2, 0.25) is 11.8 Å². The number of carbonyl (C=O) groups excluding carboxylic acids is 2. The Morgan fingerprint density at radius 2 is 1.62 bits per heavy atom. The summed E-state index contributed by atoms with van der Waals surface area (Å²) in [5.74, 6) is -0.970. The molecule has 0 saturated heterocycles. The Kier molecular flexibility index (Phi) is 9.23. The van der Waals surface area contributed by atoms with Crippen molar-refractivity contribution in [2.24, 2.45) is 0 Å². The van der Waals surface area contributed by atoms with Crippen molar-refractivity contribution in [1.29, 1.82) is 0 Å². The number of nitrogens with zero attached hydrogens (tertiary/aromatic N) is 2. The second kappa shape index (κ2) is 12.0. The molecule has 0 aliphatic carbocycles. The molecule has 0 fully saturated rings. The van der Waals surface area contributed by atoms with Crippen LogP contribution in [0.3, 0.4) is 0 Å². The van der Waals surface area contributed by atoms with E-state index >= 15 is 0 Å². The number of rotatable bonds is 9. The molecule has 3 aromatic carbocycles. The van der Waals surface area contributed by atoms with Crippen molar-refractivity contribution in [3.8, 4) is 0 Å². The largest absolute Gasteiger partial charge is 0.357 e. The summed E-state index contributed by atoms with van der Waals surface area (Å²) >= 11 is 12.4. The summed E-state index contributed by atoms with van der Waals surface area (Å²) in [7, 11) is -2.64. The Balaban J connectivity index is 2.06. The molecule has 0 aromatic heterocycles. The molecule has 0 aliphatic rings. The van der Waals surface area contributed by atoms with Crippen LogP contribution in [0.1, 0.15) is 23.6 Å². The van der Waals surface area contributed by atoms with Gasteiger partial charge in [-0.3, -0.25) is 13.9 Å². The van der Waals surface area contributed by atoms with Crippen molar-refractivity contribution in [3.63, 3.8) is 0 Å². The maximum atomic E-state index is 13.8. The molecular weight excluding hydrogens is 533 g/mol. The van der Waals surface area contributed by atoms with Crippen molar-refractivity contribution >= 4 is 50.7 Å². The molecule has 7 nitrogen and oxygen atoms in total. The zero-order valence-corrected chi connectivity index (χ0v) is 23.4. The molecule has 1 N–H and O–H groups in total. The number of anilines is 1. The van der Waals surface area contributed by atoms with E-state index in [1.54, 1.807) is 61.5 Å². The van der Waals surface area contributed by atoms with Crippen molar-refractivity contribution in [3.05, 3.63) is 93.5 Å². The molecule has 37 heavy (non-hydrogen) atoms. The van der Waals surface area contributed by atoms with E-state index in [-0.39, 0.29) is 11.4 Å². The summed E-state index contributed by atoms with van der Waals surface area (Å²) in [6.07, 6.45) is 0.